The number of hydrogen-bond donors (Lipinski definition) is 3. The van der Waals surface area contributed by atoms with Gasteiger partial charge in [-0.05, 0) is 42.0 Å². The van der Waals surface area contributed by atoms with Crippen molar-refractivity contribution in [3.05, 3.63) is 81.6 Å². The van der Waals surface area contributed by atoms with Crippen LogP contribution in [0.4, 0.5) is 10.1 Å². The van der Waals surface area contributed by atoms with Gasteiger partial charge in [-0.15, -0.1) is 0 Å². The number of rotatable bonds is 5. The fourth-order valence-electron chi connectivity index (χ4n) is 2.72. The van der Waals surface area contributed by atoms with E-state index in [2.05, 4.69) is 5.32 Å². The van der Waals surface area contributed by atoms with Gasteiger partial charge in [-0.25, -0.2) is 4.39 Å². The van der Waals surface area contributed by atoms with Crippen LogP contribution in [0.2, 0.25) is 10.0 Å². The lowest BCUT2D eigenvalue weighted by Crippen LogP contribution is -2.11. The van der Waals surface area contributed by atoms with Gasteiger partial charge in [0.15, 0.2) is 0 Å². The summed E-state index contributed by atoms with van der Waals surface area (Å²) in [5.41, 5.74) is 7.63. The first kappa shape index (κ1) is 19.0. The molecule has 0 aromatic heterocycles. The number of nitrogens with two attached hydrogens (primary N) is 1. The van der Waals surface area contributed by atoms with Gasteiger partial charge in [-0.3, -0.25) is 4.79 Å². The summed E-state index contributed by atoms with van der Waals surface area (Å²) >= 11 is 12.2. The van der Waals surface area contributed by atoms with Crippen molar-refractivity contribution in [2.75, 3.05) is 5.32 Å². The highest BCUT2D eigenvalue weighted by Crippen LogP contribution is 2.37. The molecule has 0 saturated heterocycles. The number of anilines is 1. The van der Waals surface area contributed by atoms with Crippen molar-refractivity contribution in [1.29, 1.82) is 0 Å². The lowest BCUT2D eigenvalue weighted by molar-refractivity contribution is 0.0998. The number of hydrogen-bond acceptors (Lipinski definition) is 3. The van der Waals surface area contributed by atoms with Crippen molar-refractivity contribution in [1.82, 2.24) is 0 Å². The first-order chi connectivity index (χ1) is 12.8. The second kappa shape index (κ2) is 7.86. The van der Waals surface area contributed by atoms with E-state index in [1.165, 1.54) is 18.2 Å². The molecule has 0 heterocycles. The molecule has 3 aromatic carbocycles. The van der Waals surface area contributed by atoms with Gasteiger partial charge in [0, 0.05) is 28.4 Å². The minimum absolute atomic E-state index is 0.0220. The Balaban J connectivity index is 1.84. The van der Waals surface area contributed by atoms with E-state index >= 15 is 0 Å². The third-order valence-corrected chi connectivity index (χ3v) is 4.51. The largest absolute Gasteiger partial charge is 0.506 e. The number of para-hydroxylation sites is 1. The van der Waals surface area contributed by atoms with Crippen LogP contribution in [0.25, 0.3) is 11.1 Å². The molecule has 7 heteroatoms. The van der Waals surface area contributed by atoms with Crippen LogP contribution in [0, 0.1) is 5.82 Å². The Morgan fingerprint density at radius 3 is 2.52 bits per heavy atom. The molecule has 0 spiro atoms. The summed E-state index contributed by atoms with van der Waals surface area (Å²) in [6.07, 6.45) is 0. The Morgan fingerprint density at radius 2 is 1.85 bits per heavy atom. The Kier molecular flexibility index (Phi) is 5.54. The first-order valence-corrected chi connectivity index (χ1v) is 8.71. The van der Waals surface area contributed by atoms with Crippen molar-refractivity contribution in [2.24, 2.45) is 5.73 Å². The van der Waals surface area contributed by atoms with Gasteiger partial charge >= 0.3 is 0 Å². The fourth-order valence-corrected chi connectivity index (χ4v) is 3.25. The van der Waals surface area contributed by atoms with Gasteiger partial charge in [-0.1, -0.05) is 41.4 Å². The predicted molar refractivity (Wildman–Crippen MR) is 106 cm³/mol. The zero-order chi connectivity index (χ0) is 19.6. The van der Waals surface area contributed by atoms with Crippen molar-refractivity contribution < 1.29 is 14.3 Å². The SMILES string of the molecule is NC(=O)c1cccc(-c2ccc(NCc3cc(F)cc(Cl)c3)cc2Cl)c1O. The molecule has 27 heavy (non-hydrogen) atoms. The molecule has 4 N–H and O–H groups in total. The summed E-state index contributed by atoms with van der Waals surface area (Å²) in [6.45, 7) is 0.357. The molecule has 0 atom stereocenters. The molecule has 3 rings (SSSR count). The van der Waals surface area contributed by atoms with Crippen LogP contribution in [-0.4, -0.2) is 11.0 Å². The molecule has 0 aliphatic carbocycles. The van der Waals surface area contributed by atoms with E-state index in [9.17, 15) is 14.3 Å². The van der Waals surface area contributed by atoms with Crippen LogP contribution >= 0.6 is 23.2 Å². The van der Waals surface area contributed by atoms with E-state index in [4.69, 9.17) is 28.9 Å². The van der Waals surface area contributed by atoms with Crippen molar-refractivity contribution in [2.45, 2.75) is 6.54 Å². The van der Waals surface area contributed by atoms with Crippen LogP contribution in [-0.2, 0) is 6.54 Å². The summed E-state index contributed by atoms with van der Waals surface area (Å²) < 4.78 is 13.4. The van der Waals surface area contributed by atoms with Crippen LogP contribution in [0.15, 0.2) is 54.6 Å². The number of halogens is 3. The van der Waals surface area contributed by atoms with Gasteiger partial charge in [0.2, 0.25) is 0 Å². The smallest absolute Gasteiger partial charge is 0.252 e. The third-order valence-electron chi connectivity index (χ3n) is 3.98. The second-order valence-electron chi connectivity index (χ2n) is 5.89. The van der Waals surface area contributed by atoms with E-state index in [1.807, 2.05) is 0 Å². The third kappa shape index (κ3) is 4.32. The highest BCUT2D eigenvalue weighted by Gasteiger charge is 2.15. The van der Waals surface area contributed by atoms with E-state index in [0.29, 0.717) is 39.0 Å². The standard InChI is InChI=1S/C20H15Cl2FN2O2/c21-12-6-11(7-13(23)8-12)10-25-14-4-5-15(18(22)9-14)16-2-1-3-17(19(16)26)20(24)27/h1-9,25-26H,10H2,(H2,24,27). The molecular formula is C20H15Cl2FN2O2. The average molecular weight is 405 g/mol. The average Bonchev–Trinajstić information content (AvgIpc) is 2.59. The molecule has 0 aliphatic rings. The highest BCUT2D eigenvalue weighted by atomic mass is 35.5. The Labute approximate surface area is 165 Å². The molecule has 0 aliphatic heterocycles. The maximum absolute atomic E-state index is 13.4. The van der Waals surface area contributed by atoms with Crippen molar-refractivity contribution in [3.63, 3.8) is 0 Å². The van der Waals surface area contributed by atoms with Crippen LogP contribution in [0.3, 0.4) is 0 Å². The molecule has 1 amide bonds. The normalized spacial score (nSPS) is 10.6. The monoisotopic (exact) mass is 404 g/mol. The molecule has 3 aromatic rings. The predicted octanol–water partition coefficient (Wildman–Crippen LogP) is 5.22. The maximum Gasteiger partial charge on any atom is 0.252 e. The summed E-state index contributed by atoms with van der Waals surface area (Å²) in [4.78, 5) is 11.4. The van der Waals surface area contributed by atoms with E-state index in [-0.39, 0.29) is 11.3 Å². The van der Waals surface area contributed by atoms with Crippen molar-refractivity contribution in [3.8, 4) is 16.9 Å². The molecule has 0 unspecified atom stereocenters. The molecular weight excluding hydrogens is 390 g/mol. The number of amides is 1. The fraction of sp³-hybridized carbons (Fsp3) is 0.0500. The van der Waals surface area contributed by atoms with Gasteiger partial charge in [0.1, 0.15) is 11.6 Å². The number of phenols is 1. The number of carbonyl (C=O) groups is 1. The second-order valence-corrected chi connectivity index (χ2v) is 6.74. The van der Waals surface area contributed by atoms with E-state index < -0.39 is 11.7 Å². The molecule has 0 radical (unpaired) electrons. The molecule has 138 valence electrons. The van der Waals surface area contributed by atoms with Gasteiger partial charge < -0.3 is 16.2 Å². The minimum Gasteiger partial charge on any atom is -0.506 e. The summed E-state index contributed by atoms with van der Waals surface area (Å²) in [6, 6.07) is 14.1. The Bertz CT molecular complexity index is 1000. The minimum atomic E-state index is -0.725. The highest BCUT2D eigenvalue weighted by molar-refractivity contribution is 6.33. The zero-order valence-corrected chi connectivity index (χ0v) is 15.5. The summed E-state index contributed by atoms with van der Waals surface area (Å²) in [7, 11) is 0. The van der Waals surface area contributed by atoms with Crippen LogP contribution in [0.5, 0.6) is 5.75 Å². The number of aromatic hydroxyl groups is 1. The lowest BCUT2D eigenvalue weighted by atomic mass is 10.0. The Morgan fingerprint density at radius 1 is 1.07 bits per heavy atom. The van der Waals surface area contributed by atoms with Crippen molar-refractivity contribution >= 4 is 34.8 Å². The van der Waals surface area contributed by atoms with E-state index in [1.54, 1.807) is 36.4 Å². The lowest BCUT2D eigenvalue weighted by Gasteiger charge is -2.12. The molecule has 4 nitrogen and oxygen atoms in total. The summed E-state index contributed by atoms with van der Waals surface area (Å²) in [5.74, 6) is -1.35. The van der Waals surface area contributed by atoms with Gasteiger partial charge in [-0.2, -0.15) is 0 Å². The number of benzene rings is 3. The number of primary amides is 1. The van der Waals surface area contributed by atoms with E-state index in [0.717, 1.165) is 0 Å². The molecule has 0 fully saturated rings. The first-order valence-electron chi connectivity index (χ1n) is 7.95. The van der Waals surface area contributed by atoms with Gasteiger partial charge in [0.25, 0.3) is 5.91 Å². The topological polar surface area (TPSA) is 75.4 Å². The molecule has 0 bridgehead atoms. The molecule has 0 saturated carbocycles. The van der Waals surface area contributed by atoms with Crippen LogP contribution in [0.1, 0.15) is 15.9 Å². The zero-order valence-electron chi connectivity index (χ0n) is 14.0. The number of carbonyl (C=O) groups excluding carboxylic acids is 1. The number of nitrogens with one attached hydrogen (secondary N) is 1. The quantitative estimate of drug-likeness (QED) is 0.545. The van der Waals surface area contributed by atoms with Crippen LogP contribution < -0.4 is 11.1 Å². The maximum atomic E-state index is 13.4. The summed E-state index contributed by atoms with van der Waals surface area (Å²) in [5, 5.41) is 14.1. The van der Waals surface area contributed by atoms with Gasteiger partial charge in [0.05, 0.1) is 10.6 Å². The Hall–Kier alpha value is -2.76.